The van der Waals surface area contributed by atoms with E-state index in [4.69, 9.17) is 9.84 Å². The van der Waals surface area contributed by atoms with Crippen LogP contribution in [-0.2, 0) is 0 Å². The first-order valence-corrected chi connectivity index (χ1v) is 5.50. The van der Waals surface area contributed by atoms with Gasteiger partial charge in [0.2, 0.25) is 0 Å². The number of aromatic carboxylic acids is 1. The molecular weight excluding hydrogens is 248 g/mol. The van der Waals surface area contributed by atoms with Crippen LogP contribution in [0.5, 0.6) is 5.75 Å². The zero-order valence-electron chi connectivity index (χ0n) is 10.5. The van der Waals surface area contributed by atoms with Crippen molar-refractivity contribution in [3.8, 4) is 11.4 Å². The van der Waals surface area contributed by atoms with Crippen LogP contribution in [0, 0.1) is 6.92 Å². The highest BCUT2D eigenvalue weighted by molar-refractivity contribution is 5.88. The van der Waals surface area contributed by atoms with E-state index < -0.39 is 11.5 Å². The van der Waals surface area contributed by atoms with Gasteiger partial charge in [0, 0.05) is 0 Å². The third-order valence-corrected chi connectivity index (χ3v) is 2.73. The van der Waals surface area contributed by atoms with Gasteiger partial charge >= 0.3 is 5.97 Å². The minimum atomic E-state index is -1.28. The fourth-order valence-corrected chi connectivity index (χ4v) is 1.71. The van der Waals surface area contributed by atoms with Crippen LogP contribution < -0.4 is 10.3 Å². The van der Waals surface area contributed by atoms with Crippen molar-refractivity contribution in [3.63, 3.8) is 0 Å². The van der Waals surface area contributed by atoms with Gasteiger partial charge in [-0.2, -0.15) is 0 Å². The van der Waals surface area contributed by atoms with Crippen molar-refractivity contribution in [3.05, 3.63) is 52.2 Å². The third kappa shape index (κ3) is 2.33. The standard InChI is InChI=1S/C13H12N2O4/c1-8-11(13(17)18)12(16)15(7-14-8)9-3-5-10(19-2)6-4-9/h3-7H,1-2H3,(H,17,18). The molecule has 0 aliphatic heterocycles. The van der Waals surface area contributed by atoms with Crippen molar-refractivity contribution in [1.82, 2.24) is 9.55 Å². The highest BCUT2D eigenvalue weighted by atomic mass is 16.5. The quantitative estimate of drug-likeness (QED) is 0.898. The Morgan fingerprint density at radius 3 is 2.47 bits per heavy atom. The molecule has 6 heteroatoms. The van der Waals surface area contributed by atoms with Crippen LogP contribution in [0.3, 0.4) is 0 Å². The largest absolute Gasteiger partial charge is 0.497 e. The molecule has 0 spiro atoms. The van der Waals surface area contributed by atoms with Crippen molar-refractivity contribution in [2.75, 3.05) is 7.11 Å². The zero-order chi connectivity index (χ0) is 14.0. The number of aromatic nitrogens is 2. The number of carboxylic acids is 1. The number of nitrogens with zero attached hydrogens (tertiary/aromatic N) is 2. The molecule has 19 heavy (non-hydrogen) atoms. The molecule has 0 atom stereocenters. The van der Waals surface area contributed by atoms with E-state index in [1.54, 1.807) is 24.3 Å². The molecular formula is C13H12N2O4. The summed E-state index contributed by atoms with van der Waals surface area (Å²) in [6.07, 6.45) is 1.31. The van der Waals surface area contributed by atoms with Crippen molar-refractivity contribution in [2.45, 2.75) is 6.92 Å². The van der Waals surface area contributed by atoms with Gasteiger partial charge in [-0.25, -0.2) is 9.78 Å². The van der Waals surface area contributed by atoms with Crippen LogP contribution in [0.25, 0.3) is 5.69 Å². The summed E-state index contributed by atoms with van der Waals surface area (Å²) >= 11 is 0. The predicted octanol–water partition coefficient (Wildman–Crippen LogP) is 1.25. The number of carbonyl (C=O) groups is 1. The molecule has 0 unspecified atom stereocenters. The van der Waals surface area contributed by atoms with Gasteiger partial charge in [0.15, 0.2) is 0 Å². The Kier molecular flexibility index (Phi) is 3.33. The van der Waals surface area contributed by atoms with Crippen molar-refractivity contribution < 1.29 is 14.6 Å². The summed E-state index contributed by atoms with van der Waals surface area (Å²) < 4.78 is 6.21. The number of benzene rings is 1. The van der Waals surface area contributed by atoms with E-state index >= 15 is 0 Å². The molecule has 0 amide bonds. The first-order chi connectivity index (χ1) is 9.04. The minimum Gasteiger partial charge on any atom is -0.497 e. The number of ether oxygens (including phenoxy) is 1. The summed E-state index contributed by atoms with van der Waals surface area (Å²) in [6, 6.07) is 6.68. The average Bonchev–Trinajstić information content (AvgIpc) is 2.39. The van der Waals surface area contributed by atoms with Crippen LogP contribution in [0.15, 0.2) is 35.4 Å². The maximum Gasteiger partial charge on any atom is 0.343 e. The van der Waals surface area contributed by atoms with Gasteiger partial charge in [0.1, 0.15) is 17.6 Å². The molecule has 0 radical (unpaired) electrons. The Balaban J connectivity index is 2.59. The topological polar surface area (TPSA) is 81.4 Å². The fraction of sp³-hybridized carbons (Fsp3) is 0.154. The summed E-state index contributed by atoms with van der Waals surface area (Å²) in [5.41, 5.74) is -0.202. The number of hydrogen-bond acceptors (Lipinski definition) is 4. The van der Waals surface area contributed by atoms with Crippen molar-refractivity contribution >= 4 is 5.97 Å². The fourth-order valence-electron chi connectivity index (χ4n) is 1.71. The van der Waals surface area contributed by atoms with Crippen LogP contribution in [-0.4, -0.2) is 27.7 Å². The van der Waals surface area contributed by atoms with Gasteiger partial charge in [-0.15, -0.1) is 0 Å². The zero-order valence-corrected chi connectivity index (χ0v) is 10.5. The molecule has 0 bridgehead atoms. The van der Waals surface area contributed by atoms with E-state index in [2.05, 4.69) is 4.98 Å². The molecule has 0 saturated carbocycles. The third-order valence-electron chi connectivity index (χ3n) is 2.73. The molecule has 1 heterocycles. The predicted molar refractivity (Wildman–Crippen MR) is 68.1 cm³/mol. The average molecular weight is 260 g/mol. The molecule has 1 aromatic carbocycles. The van der Waals surface area contributed by atoms with Gasteiger partial charge in [0.25, 0.3) is 5.56 Å². The van der Waals surface area contributed by atoms with Gasteiger partial charge in [0.05, 0.1) is 18.5 Å². The highest BCUT2D eigenvalue weighted by Crippen LogP contribution is 2.13. The maximum atomic E-state index is 12.1. The van der Waals surface area contributed by atoms with Crippen LogP contribution in [0.4, 0.5) is 0 Å². The van der Waals surface area contributed by atoms with E-state index in [0.29, 0.717) is 11.4 Å². The number of rotatable bonds is 3. The lowest BCUT2D eigenvalue weighted by Gasteiger charge is -2.08. The smallest absolute Gasteiger partial charge is 0.343 e. The molecule has 98 valence electrons. The Morgan fingerprint density at radius 1 is 1.32 bits per heavy atom. The molecule has 1 N–H and O–H groups in total. The van der Waals surface area contributed by atoms with E-state index in [1.165, 1.54) is 24.9 Å². The number of hydrogen-bond donors (Lipinski definition) is 1. The highest BCUT2D eigenvalue weighted by Gasteiger charge is 2.16. The van der Waals surface area contributed by atoms with Gasteiger partial charge in [-0.3, -0.25) is 9.36 Å². The van der Waals surface area contributed by atoms with Crippen LogP contribution >= 0.6 is 0 Å². The van der Waals surface area contributed by atoms with Gasteiger partial charge < -0.3 is 9.84 Å². The Morgan fingerprint density at radius 2 is 1.95 bits per heavy atom. The first-order valence-electron chi connectivity index (χ1n) is 5.50. The summed E-state index contributed by atoms with van der Waals surface area (Å²) in [5.74, 6) is -0.631. The lowest BCUT2D eigenvalue weighted by molar-refractivity contribution is 0.0693. The number of aryl methyl sites for hydroxylation is 1. The van der Waals surface area contributed by atoms with Gasteiger partial charge in [-0.05, 0) is 31.2 Å². The van der Waals surface area contributed by atoms with E-state index in [1.807, 2.05) is 0 Å². The molecule has 2 aromatic rings. The van der Waals surface area contributed by atoms with Crippen molar-refractivity contribution in [2.24, 2.45) is 0 Å². The van der Waals surface area contributed by atoms with Crippen LogP contribution in [0.2, 0.25) is 0 Å². The summed E-state index contributed by atoms with van der Waals surface area (Å²) in [7, 11) is 1.54. The second-order valence-electron chi connectivity index (χ2n) is 3.88. The lowest BCUT2D eigenvalue weighted by Crippen LogP contribution is -2.27. The van der Waals surface area contributed by atoms with Gasteiger partial charge in [-0.1, -0.05) is 0 Å². The normalized spacial score (nSPS) is 10.2. The number of carboxylic acid groups (broad SMARTS) is 1. The Hall–Kier alpha value is -2.63. The molecule has 0 aliphatic carbocycles. The van der Waals surface area contributed by atoms with E-state index in [-0.39, 0.29) is 11.3 Å². The molecule has 0 saturated heterocycles. The van der Waals surface area contributed by atoms with E-state index in [9.17, 15) is 9.59 Å². The second kappa shape index (κ2) is 4.93. The van der Waals surface area contributed by atoms with Crippen molar-refractivity contribution in [1.29, 1.82) is 0 Å². The summed E-state index contributed by atoms with van der Waals surface area (Å²) in [5, 5.41) is 9.03. The number of methoxy groups -OCH3 is 1. The van der Waals surface area contributed by atoms with Crippen LogP contribution in [0.1, 0.15) is 16.1 Å². The summed E-state index contributed by atoms with van der Waals surface area (Å²) in [4.78, 5) is 27.1. The SMILES string of the molecule is COc1ccc(-n2cnc(C)c(C(=O)O)c2=O)cc1. The first kappa shape index (κ1) is 12.8. The Labute approximate surface area is 108 Å². The second-order valence-corrected chi connectivity index (χ2v) is 3.88. The molecule has 0 fully saturated rings. The molecule has 1 aromatic heterocycles. The molecule has 6 nitrogen and oxygen atoms in total. The summed E-state index contributed by atoms with van der Waals surface area (Å²) in [6.45, 7) is 1.49. The monoisotopic (exact) mass is 260 g/mol. The van der Waals surface area contributed by atoms with E-state index in [0.717, 1.165) is 0 Å². The minimum absolute atomic E-state index is 0.197. The maximum absolute atomic E-state index is 12.1. The Bertz CT molecular complexity index is 674. The lowest BCUT2D eigenvalue weighted by atomic mass is 10.2. The molecule has 2 rings (SSSR count). The molecule has 0 aliphatic rings.